The van der Waals surface area contributed by atoms with Crippen molar-refractivity contribution in [3.8, 4) is 6.07 Å². The predicted octanol–water partition coefficient (Wildman–Crippen LogP) is 2.76. The van der Waals surface area contributed by atoms with Crippen LogP contribution in [-0.2, 0) is 17.9 Å². The molecule has 0 atom stereocenters. The Morgan fingerprint density at radius 1 is 1.35 bits per heavy atom. The van der Waals surface area contributed by atoms with Gasteiger partial charge in [0.15, 0.2) is 5.82 Å². The number of methoxy groups -OCH3 is 1. The lowest BCUT2D eigenvalue weighted by Gasteiger charge is -2.08. The lowest BCUT2D eigenvalue weighted by atomic mass is 10.1. The third-order valence-corrected chi connectivity index (χ3v) is 2.74. The first-order valence-corrected chi connectivity index (χ1v) is 6.34. The van der Waals surface area contributed by atoms with Crippen molar-refractivity contribution >= 4 is 17.4 Å². The van der Waals surface area contributed by atoms with E-state index in [1.807, 2.05) is 18.2 Å². The van der Waals surface area contributed by atoms with Gasteiger partial charge in [0.05, 0.1) is 11.6 Å². The highest BCUT2D eigenvalue weighted by Gasteiger charge is 2.03. The molecule has 1 aromatic carbocycles. The summed E-state index contributed by atoms with van der Waals surface area (Å²) in [4.78, 5) is 8.34. The fraction of sp³-hybridized carbons (Fsp3) is 0.214. The van der Waals surface area contributed by atoms with Gasteiger partial charge in [-0.3, -0.25) is 0 Å². The zero-order valence-electron chi connectivity index (χ0n) is 10.9. The number of ether oxygens (including phenoxy) is 1. The molecule has 0 saturated heterocycles. The summed E-state index contributed by atoms with van der Waals surface area (Å²) in [5, 5.41) is 12.4. The van der Waals surface area contributed by atoms with E-state index in [-0.39, 0.29) is 0 Å². The van der Waals surface area contributed by atoms with Crippen LogP contribution in [0, 0.1) is 11.3 Å². The van der Waals surface area contributed by atoms with Crippen molar-refractivity contribution in [3.63, 3.8) is 0 Å². The van der Waals surface area contributed by atoms with Crippen LogP contribution in [0.15, 0.2) is 30.3 Å². The minimum Gasteiger partial charge on any atom is -0.377 e. The Morgan fingerprint density at radius 2 is 2.20 bits per heavy atom. The number of nitriles is 1. The van der Waals surface area contributed by atoms with Gasteiger partial charge in [0, 0.05) is 19.7 Å². The molecule has 0 saturated carbocycles. The summed E-state index contributed by atoms with van der Waals surface area (Å²) in [6.45, 7) is 0.856. The molecule has 1 aromatic heterocycles. The topological polar surface area (TPSA) is 70.8 Å². The molecule has 0 aliphatic carbocycles. The molecule has 0 aliphatic rings. The highest BCUT2D eigenvalue weighted by atomic mass is 35.5. The molecule has 1 heterocycles. The SMILES string of the molecule is COCc1nc(Cl)cc(NCc2cccc(C#N)c2)n1. The van der Waals surface area contributed by atoms with E-state index in [0.717, 1.165) is 5.56 Å². The van der Waals surface area contributed by atoms with E-state index in [2.05, 4.69) is 21.4 Å². The number of rotatable bonds is 5. The molecule has 0 amide bonds. The normalized spacial score (nSPS) is 10.1. The number of hydrogen-bond acceptors (Lipinski definition) is 5. The van der Waals surface area contributed by atoms with Crippen LogP contribution in [-0.4, -0.2) is 17.1 Å². The second kappa shape index (κ2) is 6.85. The van der Waals surface area contributed by atoms with Crippen LogP contribution in [0.3, 0.4) is 0 Å². The maximum Gasteiger partial charge on any atom is 0.158 e. The first kappa shape index (κ1) is 14.3. The van der Waals surface area contributed by atoms with Crippen LogP contribution in [0.5, 0.6) is 0 Å². The monoisotopic (exact) mass is 288 g/mol. The summed E-state index contributed by atoms with van der Waals surface area (Å²) in [5.41, 5.74) is 1.62. The van der Waals surface area contributed by atoms with Crippen molar-refractivity contribution < 1.29 is 4.74 Å². The van der Waals surface area contributed by atoms with Crippen molar-refractivity contribution in [2.24, 2.45) is 0 Å². The highest BCUT2D eigenvalue weighted by molar-refractivity contribution is 6.29. The number of hydrogen-bond donors (Lipinski definition) is 1. The van der Waals surface area contributed by atoms with Crippen LogP contribution in [0.4, 0.5) is 5.82 Å². The average Bonchev–Trinajstić information content (AvgIpc) is 2.45. The quantitative estimate of drug-likeness (QED) is 0.857. The standard InChI is InChI=1S/C14H13ClN4O/c1-20-9-14-18-12(15)6-13(19-14)17-8-11-4-2-3-10(5-11)7-16/h2-6H,8-9H2,1H3,(H,17,18,19). The molecule has 5 nitrogen and oxygen atoms in total. The van der Waals surface area contributed by atoms with Gasteiger partial charge in [0.1, 0.15) is 17.6 Å². The Hall–Kier alpha value is -2.16. The van der Waals surface area contributed by atoms with Crippen molar-refractivity contribution in [2.75, 3.05) is 12.4 Å². The van der Waals surface area contributed by atoms with Gasteiger partial charge in [0.25, 0.3) is 0 Å². The number of nitrogens with zero attached hydrogens (tertiary/aromatic N) is 3. The van der Waals surface area contributed by atoms with Crippen LogP contribution in [0.25, 0.3) is 0 Å². The number of halogens is 1. The van der Waals surface area contributed by atoms with Gasteiger partial charge in [-0.05, 0) is 17.7 Å². The molecule has 0 fully saturated rings. The van der Waals surface area contributed by atoms with Crippen molar-refractivity contribution in [3.05, 3.63) is 52.4 Å². The molecular formula is C14H13ClN4O. The minimum absolute atomic E-state index is 0.305. The van der Waals surface area contributed by atoms with Gasteiger partial charge in [-0.2, -0.15) is 5.26 Å². The summed E-state index contributed by atoms with van der Waals surface area (Å²) in [6, 6.07) is 11.1. The smallest absolute Gasteiger partial charge is 0.158 e. The number of anilines is 1. The van der Waals surface area contributed by atoms with E-state index < -0.39 is 0 Å². The zero-order valence-corrected chi connectivity index (χ0v) is 11.7. The second-order valence-electron chi connectivity index (χ2n) is 4.09. The maximum absolute atomic E-state index is 8.86. The first-order valence-electron chi connectivity index (χ1n) is 5.96. The summed E-state index contributed by atoms with van der Waals surface area (Å²) in [7, 11) is 1.57. The van der Waals surface area contributed by atoms with Crippen molar-refractivity contribution in [1.82, 2.24) is 9.97 Å². The Bertz CT molecular complexity index is 639. The Morgan fingerprint density at radius 3 is 2.95 bits per heavy atom. The molecule has 20 heavy (non-hydrogen) atoms. The van der Waals surface area contributed by atoms with Crippen molar-refractivity contribution in [2.45, 2.75) is 13.2 Å². The van der Waals surface area contributed by atoms with E-state index in [4.69, 9.17) is 21.6 Å². The molecule has 0 unspecified atom stereocenters. The van der Waals surface area contributed by atoms with Crippen LogP contribution in [0.1, 0.15) is 17.0 Å². The minimum atomic E-state index is 0.305. The molecule has 0 spiro atoms. The lowest BCUT2D eigenvalue weighted by Crippen LogP contribution is -2.05. The van der Waals surface area contributed by atoms with Gasteiger partial charge in [-0.25, -0.2) is 9.97 Å². The van der Waals surface area contributed by atoms with Crippen molar-refractivity contribution in [1.29, 1.82) is 5.26 Å². The number of nitrogens with one attached hydrogen (secondary N) is 1. The molecule has 0 radical (unpaired) electrons. The van der Waals surface area contributed by atoms with E-state index in [9.17, 15) is 0 Å². The van der Waals surface area contributed by atoms with E-state index >= 15 is 0 Å². The largest absolute Gasteiger partial charge is 0.377 e. The number of aromatic nitrogens is 2. The second-order valence-corrected chi connectivity index (χ2v) is 4.48. The summed E-state index contributed by atoms with van der Waals surface area (Å²) in [6.07, 6.45) is 0. The molecule has 102 valence electrons. The summed E-state index contributed by atoms with van der Waals surface area (Å²) >= 11 is 5.93. The molecule has 0 bridgehead atoms. The van der Waals surface area contributed by atoms with Crippen LogP contribution >= 0.6 is 11.6 Å². The lowest BCUT2D eigenvalue weighted by molar-refractivity contribution is 0.178. The Kier molecular flexibility index (Phi) is 4.88. The predicted molar refractivity (Wildman–Crippen MR) is 76.2 cm³/mol. The number of benzene rings is 1. The third kappa shape index (κ3) is 3.92. The average molecular weight is 289 g/mol. The van der Waals surface area contributed by atoms with E-state index in [1.54, 1.807) is 19.2 Å². The fourth-order valence-corrected chi connectivity index (χ4v) is 1.89. The van der Waals surface area contributed by atoms with Gasteiger partial charge in [-0.1, -0.05) is 23.7 Å². The van der Waals surface area contributed by atoms with Crippen LogP contribution < -0.4 is 5.32 Å². The molecule has 1 N–H and O–H groups in total. The fourth-order valence-electron chi connectivity index (χ4n) is 1.69. The Labute approximate surface area is 122 Å². The summed E-state index contributed by atoms with van der Waals surface area (Å²) < 4.78 is 4.98. The van der Waals surface area contributed by atoms with Gasteiger partial charge >= 0.3 is 0 Å². The van der Waals surface area contributed by atoms with Gasteiger partial charge < -0.3 is 10.1 Å². The van der Waals surface area contributed by atoms with E-state index in [0.29, 0.717) is 35.5 Å². The molecular weight excluding hydrogens is 276 g/mol. The molecule has 2 rings (SSSR count). The highest BCUT2D eigenvalue weighted by Crippen LogP contribution is 2.13. The first-order chi connectivity index (χ1) is 9.71. The maximum atomic E-state index is 8.86. The van der Waals surface area contributed by atoms with Gasteiger partial charge in [-0.15, -0.1) is 0 Å². The zero-order chi connectivity index (χ0) is 14.4. The Balaban J connectivity index is 2.08. The molecule has 0 aliphatic heterocycles. The van der Waals surface area contributed by atoms with Crippen LogP contribution in [0.2, 0.25) is 5.15 Å². The molecule has 6 heteroatoms. The van der Waals surface area contributed by atoms with Gasteiger partial charge in [0.2, 0.25) is 0 Å². The van der Waals surface area contributed by atoms with E-state index in [1.165, 1.54) is 0 Å². The third-order valence-electron chi connectivity index (χ3n) is 2.54. The summed E-state index contributed by atoms with van der Waals surface area (Å²) in [5.74, 6) is 1.15. The molecule has 2 aromatic rings.